The Morgan fingerprint density at radius 1 is 1.18 bits per heavy atom. The Bertz CT molecular complexity index is 890. The molecule has 8 nitrogen and oxygen atoms in total. The van der Waals surface area contributed by atoms with Crippen LogP contribution in [0.1, 0.15) is 49.0 Å². The first-order valence-corrected chi connectivity index (χ1v) is 9.88. The molecular formula is C20H27N5O3. The molecule has 2 aromatic rings. The maximum Gasteiger partial charge on any atom is 0.345 e. The van der Waals surface area contributed by atoms with E-state index in [1.807, 2.05) is 33.7 Å². The summed E-state index contributed by atoms with van der Waals surface area (Å²) in [6, 6.07) is 7.95. The average molecular weight is 385 g/mol. The van der Waals surface area contributed by atoms with Crippen molar-refractivity contribution in [2.24, 2.45) is 7.05 Å². The van der Waals surface area contributed by atoms with Crippen LogP contribution in [-0.4, -0.2) is 45.5 Å². The van der Waals surface area contributed by atoms with E-state index in [0.717, 1.165) is 42.8 Å². The molecule has 2 heterocycles. The van der Waals surface area contributed by atoms with Gasteiger partial charge >= 0.3 is 11.7 Å². The minimum atomic E-state index is -0.0464. The number of aromatic nitrogens is 3. The van der Waals surface area contributed by atoms with E-state index in [1.54, 1.807) is 14.2 Å². The smallest absolute Gasteiger partial charge is 0.345 e. The summed E-state index contributed by atoms with van der Waals surface area (Å²) in [5, 5.41) is 7.48. The van der Waals surface area contributed by atoms with Crippen LogP contribution in [-0.2, 0) is 13.6 Å². The second kappa shape index (κ2) is 7.69. The highest BCUT2D eigenvalue weighted by atomic mass is 16.5. The molecule has 1 N–H and O–H groups in total. The number of hydrogen-bond acceptors (Lipinski definition) is 4. The third-order valence-electron chi connectivity index (χ3n) is 5.64. The van der Waals surface area contributed by atoms with E-state index < -0.39 is 0 Å². The summed E-state index contributed by atoms with van der Waals surface area (Å²) in [7, 11) is 3.35. The summed E-state index contributed by atoms with van der Waals surface area (Å²) >= 11 is 0. The lowest BCUT2D eigenvalue weighted by molar-refractivity contribution is 0.179. The van der Waals surface area contributed by atoms with Crippen LogP contribution in [0.3, 0.4) is 0 Å². The number of amides is 2. The van der Waals surface area contributed by atoms with Crippen molar-refractivity contribution < 1.29 is 9.53 Å². The zero-order valence-corrected chi connectivity index (χ0v) is 16.4. The van der Waals surface area contributed by atoms with Gasteiger partial charge in [-0.15, -0.1) is 0 Å². The number of carbonyl (C=O) groups is 1. The first-order valence-electron chi connectivity index (χ1n) is 9.88. The van der Waals surface area contributed by atoms with Crippen molar-refractivity contribution >= 4 is 6.03 Å². The molecule has 2 aliphatic rings. The fourth-order valence-corrected chi connectivity index (χ4v) is 3.83. The molecule has 1 aliphatic carbocycles. The molecule has 1 saturated heterocycles. The van der Waals surface area contributed by atoms with Gasteiger partial charge in [0.25, 0.3) is 0 Å². The summed E-state index contributed by atoms with van der Waals surface area (Å²) in [5.74, 6) is 1.93. The molecule has 4 rings (SSSR count). The van der Waals surface area contributed by atoms with E-state index in [2.05, 4.69) is 10.4 Å². The molecule has 1 saturated carbocycles. The molecule has 8 heteroatoms. The molecule has 1 aliphatic heterocycles. The lowest BCUT2D eigenvalue weighted by Crippen LogP contribution is -2.44. The van der Waals surface area contributed by atoms with Crippen LogP contribution in [0.15, 0.2) is 29.1 Å². The Balaban J connectivity index is 1.32. The van der Waals surface area contributed by atoms with Gasteiger partial charge in [0, 0.05) is 38.6 Å². The molecule has 28 heavy (non-hydrogen) atoms. The van der Waals surface area contributed by atoms with E-state index in [4.69, 9.17) is 4.74 Å². The maximum atomic E-state index is 12.5. The van der Waals surface area contributed by atoms with Crippen LogP contribution in [0.2, 0.25) is 0 Å². The highest BCUT2D eigenvalue weighted by Crippen LogP contribution is 2.37. The van der Waals surface area contributed by atoms with E-state index in [0.29, 0.717) is 25.7 Å². The number of nitrogens with zero attached hydrogens (tertiary/aromatic N) is 4. The fourth-order valence-electron chi connectivity index (χ4n) is 3.83. The Hall–Kier alpha value is -2.77. The van der Waals surface area contributed by atoms with Crippen LogP contribution in [0.5, 0.6) is 5.75 Å². The lowest BCUT2D eigenvalue weighted by Gasteiger charge is -2.31. The normalized spacial score (nSPS) is 17.6. The van der Waals surface area contributed by atoms with E-state index in [1.165, 1.54) is 4.68 Å². The zero-order valence-electron chi connectivity index (χ0n) is 16.4. The van der Waals surface area contributed by atoms with Crippen LogP contribution >= 0.6 is 0 Å². The number of carbonyl (C=O) groups excluding carboxylic acids is 1. The van der Waals surface area contributed by atoms with E-state index in [9.17, 15) is 9.59 Å². The first-order chi connectivity index (χ1) is 13.6. The van der Waals surface area contributed by atoms with Crippen molar-refractivity contribution in [2.75, 3.05) is 20.2 Å². The number of nitrogens with one attached hydrogen (secondary N) is 1. The molecule has 0 unspecified atom stereocenters. The van der Waals surface area contributed by atoms with Crippen LogP contribution in [0, 0.1) is 0 Å². The number of benzene rings is 1. The molecule has 2 amide bonds. The van der Waals surface area contributed by atoms with Gasteiger partial charge in [0.2, 0.25) is 0 Å². The average Bonchev–Trinajstić information content (AvgIpc) is 3.52. The number of rotatable bonds is 5. The number of piperidine rings is 1. The third-order valence-corrected chi connectivity index (χ3v) is 5.64. The minimum absolute atomic E-state index is 0.0165. The summed E-state index contributed by atoms with van der Waals surface area (Å²) < 4.78 is 8.47. The van der Waals surface area contributed by atoms with Crippen molar-refractivity contribution in [2.45, 2.75) is 44.2 Å². The van der Waals surface area contributed by atoms with Gasteiger partial charge in [-0.25, -0.2) is 14.3 Å². The summed E-state index contributed by atoms with van der Waals surface area (Å²) in [6.07, 6.45) is 3.79. The SMILES string of the molecule is COc1ccc(CNC(=O)N2CCC(c3nn(C)c(=O)n3C3CC3)CC2)cc1. The number of likely N-dealkylation sites (tertiary alicyclic amines) is 1. The summed E-state index contributed by atoms with van der Waals surface area (Å²) in [6.45, 7) is 1.84. The Morgan fingerprint density at radius 2 is 1.86 bits per heavy atom. The number of ether oxygens (including phenoxy) is 1. The van der Waals surface area contributed by atoms with Crippen molar-refractivity contribution in [1.29, 1.82) is 0 Å². The molecule has 0 radical (unpaired) electrons. The van der Waals surface area contributed by atoms with Gasteiger partial charge in [0.05, 0.1) is 7.11 Å². The van der Waals surface area contributed by atoms with E-state index in [-0.39, 0.29) is 17.6 Å². The zero-order chi connectivity index (χ0) is 19.7. The van der Waals surface area contributed by atoms with Crippen LogP contribution < -0.4 is 15.7 Å². The number of aryl methyl sites for hydroxylation is 1. The van der Waals surface area contributed by atoms with Crippen molar-refractivity contribution in [3.05, 3.63) is 46.1 Å². The molecule has 2 fully saturated rings. The third kappa shape index (κ3) is 3.76. The Labute approximate surface area is 164 Å². The van der Waals surface area contributed by atoms with Gasteiger partial charge in [-0.2, -0.15) is 5.10 Å². The number of hydrogen-bond donors (Lipinski definition) is 1. The molecule has 150 valence electrons. The van der Waals surface area contributed by atoms with Gasteiger partial charge in [0.1, 0.15) is 11.6 Å². The first kappa shape index (κ1) is 18.6. The number of methoxy groups -OCH3 is 1. The standard InChI is InChI=1S/C20H27N5O3/c1-23-20(27)25(16-5-6-16)18(22-23)15-9-11-24(12-10-15)19(26)21-13-14-3-7-17(28-2)8-4-14/h3-4,7-8,15-16H,5-6,9-13H2,1-2H3,(H,21,26). The van der Waals surface area contributed by atoms with Crippen molar-refractivity contribution in [1.82, 2.24) is 24.6 Å². The predicted octanol–water partition coefficient (Wildman–Crippen LogP) is 2.01. The van der Waals surface area contributed by atoms with Gasteiger partial charge in [-0.1, -0.05) is 12.1 Å². The number of urea groups is 1. The topological polar surface area (TPSA) is 81.4 Å². The molecule has 0 atom stereocenters. The quantitative estimate of drug-likeness (QED) is 0.854. The Morgan fingerprint density at radius 3 is 2.46 bits per heavy atom. The highest BCUT2D eigenvalue weighted by Gasteiger charge is 2.34. The molecular weight excluding hydrogens is 358 g/mol. The van der Waals surface area contributed by atoms with Crippen LogP contribution in [0.4, 0.5) is 4.79 Å². The van der Waals surface area contributed by atoms with Gasteiger partial charge in [-0.05, 0) is 43.4 Å². The van der Waals surface area contributed by atoms with Gasteiger partial charge < -0.3 is 15.0 Å². The highest BCUT2D eigenvalue weighted by molar-refractivity contribution is 5.74. The second-order valence-electron chi connectivity index (χ2n) is 7.63. The minimum Gasteiger partial charge on any atom is -0.497 e. The fraction of sp³-hybridized carbons (Fsp3) is 0.550. The Kier molecular flexibility index (Phi) is 5.11. The summed E-state index contributed by atoms with van der Waals surface area (Å²) in [5.41, 5.74) is 1.02. The molecule has 0 bridgehead atoms. The second-order valence-corrected chi connectivity index (χ2v) is 7.63. The molecule has 0 spiro atoms. The van der Waals surface area contributed by atoms with Crippen LogP contribution in [0.25, 0.3) is 0 Å². The van der Waals surface area contributed by atoms with Gasteiger partial charge in [0.15, 0.2) is 0 Å². The maximum absolute atomic E-state index is 12.5. The lowest BCUT2D eigenvalue weighted by atomic mass is 9.96. The summed E-state index contributed by atoms with van der Waals surface area (Å²) in [4.78, 5) is 26.7. The molecule has 1 aromatic heterocycles. The largest absolute Gasteiger partial charge is 0.497 e. The monoisotopic (exact) mass is 385 g/mol. The van der Waals surface area contributed by atoms with Crippen molar-refractivity contribution in [3.8, 4) is 5.75 Å². The molecule has 1 aromatic carbocycles. The predicted molar refractivity (Wildman–Crippen MR) is 105 cm³/mol. The van der Waals surface area contributed by atoms with Gasteiger partial charge in [-0.3, -0.25) is 4.57 Å². The van der Waals surface area contributed by atoms with E-state index >= 15 is 0 Å². The van der Waals surface area contributed by atoms with Crippen molar-refractivity contribution in [3.63, 3.8) is 0 Å².